The van der Waals surface area contributed by atoms with Crippen molar-refractivity contribution in [2.75, 3.05) is 12.4 Å². The van der Waals surface area contributed by atoms with E-state index >= 15 is 0 Å². The summed E-state index contributed by atoms with van der Waals surface area (Å²) in [6.07, 6.45) is 0. The summed E-state index contributed by atoms with van der Waals surface area (Å²) < 4.78 is 6.55. The summed E-state index contributed by atoms with van der Waals surface area (Å²) in [4.78, 5) is 23.3. The first-order valence-corrected chi connectivity index (χ1v) is 6.63. The van der Waals surface area contributed by atoms with Gasteiger partial charge in [-0.15, -0.1) is 0 Å². The van der Waals surface area contributed by atoms with Gasteiger partial charge in [0.15, 0.2) is 0 Å². The standard InChI is InChI=1S/C15H17N3O4/c1-9-6-10(2)18(17-9)8-14(19)16-13-5-4-11(22-3)7-12(13)15(20)21/h4-7H,8H2,1-3H3,(H,16,19)(H,20,21). The molecule has 0 atom stereocenters. The summed E-state index contributed by atoms with van der Waals surface area (Å²) in [7, 11) is 1.45. The van der Waals surface area contributed by atoms with Crippen molar-refractivity contribution in [3.63, 3.8) is 0 Å². The van der Waals surface area contributed by atoms with Crippen molar-refractivity contribution in [1.29, 1.82) is 0 Å². The van der Waals surface area contributed by atoms with Crippen molar-refractivity contribution in [3.05, 3.63) is 41.2 Å². The second-order valence-electron chi connectivity index (χ2n) is 4.85. The summed E-state index contributed by atoms with van der Waals surface area (Å²) in [5.41, 5.74) is 1.88. The van der Waals surface area contributed by atoms with Gasteiger partial charge in [-0.25, -0.2) is 4.79 Å². The molecule has 0 saturated heterocycles. The lowest BCUT2D eigenvalue weighted by Crippen LogP contribution is -2.21. The summed E-state index contributed by atoms with van der Waals surface area (Å²) in [6, 6.07) is 6.32. The number of anilines is 1. The van der Waals surface area contributed by atoms with Crippen LogP contribution < -0.4 is 10.1 Å². The highest BCUT2D eigenvalue weighted by atomic mass is 16.5. The maximum Gasteiger partial charge on any atom is 0.337 e. The molecule has 0 aliphatic carbocycles. The maximum absolute atomic E-state index is 12.1. The quantitative estimate of drug-likeness (QED) is 0.879. The van der Waals surface area contributed by atoms with E-state index in [4.69, 9.17) is 4.74 Å². The number of methoxy groups -OCH3 is 1. The molecule has 0 spiro atoms. The van der Waals surface area contributed by atoms with E-state index in [1.165, 1.54) is 19.2 Å². The van der Waals surface area contributed by atoms with Crippen LogP contribution in [0.4, 0.5) is 5.69 Å². The lowest BCUT2D eigenvalue weighted by molar-refractivity contribution is -0.116. The Labute approximate surface area is 127 Å². The Kier molecular flexibility index (Phi) is 4.45. The van der Waals surface area contributed by atoms with Crippen LogP contribution >= 0.6 is 0 Å². The van der Waals surface area contributed by atoms with Gasteiger partial charge in [-0.3, -0.25) is 9.48 Å². The van der Waals surface area contributed by atoms with E-state index in [1.807, 2.05) is 19.9 Å². The van der Waals surface area contributed by atoms with Gasteiger partial charge in [-0.05, 0) is 38.1 Å². The zero-order valence-corrected chi connectivity index (χ0v) is 12.6. The zero-order chi connectivity index (χ0) is 16.3. The first-order valence-electron chi connectivity index (χ1n) is 6.63. The Morgan fingerprint density at radius 3 is 2.59 bits per heavy atom. The highest BCUT2D eigenvalue weighted by Gasteiger charge is 2.15. The average molecular weight is 303 g/mol. The lowest BCUT2D eigenvalue weighted by atomic mass is 10.1. The molecule has 0 radical (unpaired) electrons. The van der Waals surface area contributed by atoms with Crippen molar-refractivity contribution in [2.45, 2.75) is 20.4 Å². The van der Waals surface area contributed by atoms with E-state index in [2.05, 4.69) is 10.4 Å². The Balaban J connectivity index is 2.17. The molecular weight excluding hydrogens is 286 g/mol. The first-order chi connectivity index (χ1) is 10.4. The number of rotatable bonds is 5. The molecule has 1 aromatic heterocycles. The molecule has 7 nitrogen and oxygen atoms in total. The molecule has 1 amide bonds. The Morgan fingerprint density at radius 2 is 2.05 bits per heavy atom. The number of carbonyl (C=O) groups excluding carboxylic acids is 1. The van der Waals surface area contributed by atoms with Crippen LogP contribution in [0.25, 0.3) is 0 Å². The minimum absolute atomic E-state index is 0.0186. The van der Waals surface area contributed by atoms with Crippen LogP contribution in [0.5, 0.6) is 5.75 Å². The van der Waals surface area contributed by atoms with Gasteiger partial charge >= 0.3 is 5.97 Å². The number of carboxylic acids is 1. The van der Waals surface area contributed by atoms with Crippen LogP contribution in [0, 0.1) is 13.8 Å². The minimum atomic E-state index is -1.14. The van der Waals surface area contributed by atoms with Crippen molar-refractivity contribution in [3.8, 4) is 5.75 Å². The number of ether oxygens (including phenoxy) is 1. The molecule has 0 saturated carbocycles. The van der Waals surface area contributed by atoms with E-state index in [1.54, 1.807) is 10.7 Å². The van der Waals surface area contributed by atoms with E-state index in [9.17, 15) is 14.7 Å². The third-order valence-electron chi connectivity index (χ3n) is 3.13. The second kappa shape index (κ2) is 6.30. The highest BCUT2D eigenvalue weighted by molar-refractivity contribution is 6.00. The Bertz CT molecular complexity index is 722. The summed E-state index contributed by atoms with van der Waals surface area (Å²) in [6.45, 7) is 3.71. The minimum Gasteiger partial charge on any atom is -0.497 e. The molecule has 2 rings (SSSR count). The molecule has 0 unspecified atom stereocenters. The number of hydrogen-bond donors (Lipinski definition) is 2. The fourth-order valence-corrected chi connectivity index (χ4v) is 2.10. The molecule has 0 bridgehead atoms. The highest BCUT2D eigenvalue weighted by Crippen LogP contribution is 2.22. The van der Waals surface area contributed by atoms with Crippen LogP contribution in [-0.4, -0.2) is 33.9 Å². The number of amides is 1. The van der Waals surface area contributed by atoms with Crippen LogP contribution in [0.15, 0.2) is 24.3 Å². The number of carbonyl (C=O) groups is 2. The van der Waals surface area contributed by atoms with Crippen molar-refractivity contribution in [2.24, 2.45) is 0 Å². The van der Waals surface area contributed by atoms with Crippen LogP contribution in [0.1, 0.15) is 21.7 Å². The number of nitrogens with zero attached hydrogens (tertiary/aromatic N) is 2. The fourth-order valence-electron chi connectivity index (χ4n) is 2.10. The smallest absolute Gasteiger partial charge is 0.337 e. The molecule has 2 aromatic rings. The second-order valence-corrected chi connectivity index (χ2v) is 4.85. The summed E-state index contributed by atoms with van der Waals surface area (Å²) >= 11 is 0. The number of hydrogen-bond acceptors (Lipinski definition) is 4. The molecule has 22 heavy (non-hydrogen) atoms. The van der Waals surface area contributed by atoms with E-state index in [0.717, 1.165) is 11.4 Å². The van der Waals surface area contributed by atoms with Crippen molar-refractivity contribution < 1.29 is 19.4 Å². The van der Waals surface area contributed by atoms with E-state index < -0.39 is 5.97 Å². The normalized spacial score (nSPS) is 10.3. The number of aryl methyl sites for hydroxylation is 2. The van der Waals surface area contributed by atoms with Gasteiger partial charge in [0.25, 0.3) is 0 Å². The van der Waals surface area contributed by atoms with Gasteiger partial charge in [0.1, 0.15) is 12.3 Å². The van der Waals surface area contributed by atoms with Crippen molar-refractivity contribution >= 4 is 17.6 Å². The van der Waals surface area contributed by atoms with Gasteiger partial charge in [0, 0.05) is 5.69 Å². The fraction of sp³-hybridized carbons (Fsp3) is 0.267. The lowest BCUT2D eigenvalue weighted by Gasteiger charge is -2.10. The Hall–Kier alpha value is -2.83. The monoisotopic (exact) mass is 303 g/mol. The molecule has 0 aliphatic rings. The summed E-state index contributed by atoms with van der Waals surface area (Å²) in [5, 5.41) is 16.0. The predicted molar refractivity (Wildman–Crippen MR) is 80.3 cm³/mol. The molecule has 7 heteroatoms. The molecule has 0 aliphatic heterocycles. The number of nitrogens with one attached hydrogen (secondary N) is 1. The third-order valence-corrected chi connectivity index (χ3v) is 3.13. The summed E-state index contributed by atoms with van der Waals surface area (Å²) in [5.74, 6) is -1.08. The molecule has 2 N–H and O–H groups in total. The average Bonchev–Trinajstić information content (AvgIpc) is 2.76. The van der Waals surface area contributed by atoms with Crippen LogP contribution in [0.2, 0.25) is 0 Å². The molecule has 116 valence electrons. The van der Waals surface area contributed by atoms with Crippen LogP contribution in [-0.2, 0) is 11.3 Å². The van der Waals surface area contributed by atoms with Gasteiger partial charge in [0.2, 0.25) is 5.91 Å². The van der Waals surface area contributed by atoms with Gasteiger partial charge in [0.05, 0.1) is 24.1 Å². The predicted octanol–water partition coefficient (Wildman–Crippen LogP) is 1.85. The molecular formula is C15H17N3O4. The third kappa shape index (κ3) is 3.43. The number of aromatic nitrogens is 2. The largest absolute Gasteiger partial charge is 0.497 e. The topological polar surface area (TPSA) is 93.5 Å². The molecule has 1 aromatic carbocycles. The molecule has 1 heterocycles. The van der Waals surface area contributed by atoms with Gasteiger partial charge in [-0.2, -0.15) is 5.10 Å². The number of aromatic carboxylic acids is 1. The number of carboxylic acid groups (broad SMARTS) is 1. The maximum atomic E-state index is 12.1. The van der Waals surface area contributed by atoms with Crippen molar-refractivity contribution in [1.82, 2.24) is 9.78 Å². The van der Waals surface area contributed by atoms with Crippen LogP contribution in [0.3, 0.4) is 0 Å². The SMILES string of the molecule is COc1ccc(NC(=O)Cn2nc(C)cc2C)c(C(=O)O)c1. The zero-order valence-electron chi connectivity index (χ0n) is 12.6. The van der Waals surface area contributed by atoms with E-state index in [0.29, 0.717) is 5.75 Å². The number of benzene rings is 1. The van der Waals surface area contributed by atoms with E-state index in [-0.39, 0.29) is 23.7 Å². The van der Waals surface area contributed by atoms with Gasteiger partial charge in [-0.1, -0.05) is 0 Å². The van der Waals surface area contributed by atoms with Gasteiger partial charge < -0.3 is 15.2 Å². The Morgan fingerprint density at radius 1 is 1.32 bits per heavy atom. The first kappa shape index (κ1) is 15.6. The molecule has 0 fully saturated rings.